The molecule has 0 aliphatic carbocycles. The van der Waals surface area contributed by atoms with Crippen LogP contribution in [0.15, 0.2) is 30.5 Å². The van der Waals surface area contributed by atoms with Gasteiger partial charge in [0.25, 0.3) is 0 Å². The average molecular weight is 423 g/mol. The molecule has 5 N–H and O–H groups in total. The van der Waals surface area contributed by atoms with Gasteiger partial charge >= 0.3 is 0 Å². The highest BCUT2D eigenvalue weighted by Crippen LogP contribution is 2.41. The Morgan fingerprint density at radius 1 is 0.839 bits per heavy atom. The van der Waals surface area contributed by atoms with Crippen molar-refractivity contribution in [2.24, 2.45) is 0 Å². The van der Waals surface area contributed by atoms with Crippen molar-refractivity contribution in [2.75, 3.05) is 41.3 Å². The minimum absolute atomic E-state index is 0.0889. The van der Waals surface area contributed by atoms with Gasteiger partial charge in [-0.2, -0.15) is 0 Å². The van der Waals surface area contributed by atoms with Gasteiger partial charge in [-0.15, -0.1) is 0 Å². The zero-order valence-corrected chi connectivity index (χ0v) is 18.5. The van der Waals surface area contributed by atoms with E-state index in [0.29, 0.717) is 17.3 Å². The minimum atomic E-state index is 0.0889. The highest BCUT2D eigenvalue weighted by atomic mass is 16.3. The number of nitrogens with one attached hydrogen (secondary N) is 2. The maximum atomic E-state index is 10.8. The topological polar surface area (TPSA) is 98.8 Å². The Morgan fingerprint density at radius 2 is 1.55 bits per heavy atom. The Labute approximate surface area is 181 Å². The molecule has 0 aliphatic rings. The molecule has 31 heavy (non-hydrogen) atoms. The van der Waals surface area contributed by atoms with Gasteiger partial charge in [0.1, 0.15) is 11.5 Å². The summed E-state index contributed by atoms with van der Waals surface area (Å²) in [5.41, 5.74) is 4.96. The van der Waals surface area contributed by atoms with E-state index in [4.69, 9.17) is 0 Å². The quantitative estimate of drug-likeness (QED) is 0.313. The van der Waals surface area contributed by atoms with E-state index in [-0.39, 0.29) is 17.4 Å². The zero-order chi connectivity index (χ0) is 22.3. The first-order valence-corrected chi connectivity index (χ1v) is 10.4. The van der Waals surface area contributed by atoms with Crippen LogP contribution >= 0.6 is 0 Å². The van der Waals surface area contributed by atoms with Crippen molar-refractivity contribution in [1.82, 2.24) is 19.8 Å². The standard InChI is InChI=1S/C24H30N4O3/c1-27(2)9-7-14-13-25-23-16(5-6-19(29)21(14)23)15-11-18-22(20(30)12-15)17(24(31)26-18)8-10-28(3)4/h5-6,11-13,25-26,29-31H,7-10H2,1-4H3. The SMILES string of the molecule is CN(C)CCc1c(O)[nH]c2cc(-c3ccc(O)c4c(CCN(C)C)c[nH]c34)cc(O)c12. The van der Waals surface area contributed by atoms with Crippen LogP contribution in [0, 0.1) is 0 Å². The summed E-state index contributed by atoms with van der Waals surface area (Å²) in [7, 11) is 8.00. The predicted octanol–water partition coefficient (Wildman–Crippen LogP) is 3.64. The molecule has 0 fully saturated rings. The molecule has 2 heterocycles. The van der Waals surface area contributed by atoms with Crippen LogP contribution in [0.1, 0.15) is 11.1 Å². The summed E-state index contributed by atoms with van der Waals surface area (Å²) in [6.07, 6.45) is 3.38. The number of nitrogens with zero attached hydrogens (tertiary/aromatic N) is 2. The van der Waals surface area contributed by atoms with Crippen LogP contribution in [0.25, 0.3) is 32.9 Å². The smallest absolute Gasteiger partial charge is 0.192 e. The van der Waals surface area contributed by atoms with Crippen LogP contribution in [-0.2, 0) is 12.8 Å². The van der Waals surface area contributed by atoms with E-state index in [0.717, 1.165) is 52.7 Å². The van der Waals surface area contributed by atoms with E-state index < -0.39 is 0 Å². The van der Waals surface area contributed by atoms with Crippen LogP contribution in [0.3, 0.4) is 0 Å². The number of hydrogen-bond donors (Lipinski definition) is 5. The van der Waals surface area contributed by atoms with E-state index in [1.165, 1.54) is 0 Å². The summed E-state index contributed by atoms with van der Waals surface area (Å²) in [6.45, 7) is 1.64. The first-order valence-electron chi connectivity index (χ1n) is 10.4. The Morgan fingerprint density at radius 3 is 2.26 bits per heavy atom. The summed E-state index contributed by atoms with van der Waals surface area (Å²) in [6, 6.07) is 7.20. The third kappa shape index (κ3) is 3.94. The molecule has 0 saturated carbocycles. The van der Waals surface area contributed by atoms with Gasteiger partial charge in [0.15, 0.2) is 5.88 Å². The zero-order valence-electron chi connectivity index (χ0n) is 18.5. The van der Waals surface area contributed by atoms with Crippen molar-refractivity contribution < 1.29 is 15.3 Å². The molecule has 2 aromatic carbocycles. The normalized spacial score (nSPS) is 12.1. The first kappa shape index (κ1) is 21.1. The maximum absolute atomic E-state index is 10.8. The van der Waals surface area contributed by atoms with Gasteiger partial charge in [0.2, 0.25) is 0 Å². The molecule has 4 aromatic rings. The van der Waals surface area contributed by atoms with E-state index in [9.17, 15) is 15.3 Å². The predicted molar refractivity (Wildman–Crippen MR) is 125 cm³/mol. The lowest BCUT2D eigenvalue weighted by Crippen LogP contribution is -2.14. The third-order valence-corrected chi connectivity index (χ3v) is 5.80. The fraction of sp³-hybridized carbons (Fsp3) is 0.333. The molecule has 164 valence electrons. The third-order valence-electron chi connectivity index (χ3n) is 5.80. The average Bonchev–Trinajstić information content (AvgIpc) is 3.26. The summed E-state index contributed by atoms with van der Waals surface area (Å²) in [5, 5.41) is 33.2. The molecule has 4 rings (SSSR count). The summed E-state index contributed by atoms with van der Waals surface area (Å²) < 4.78 is 0. The Kier molecular flexibility index (Phi) is 5.56. The Balaban J connectivity index is 1.81. The second-order valence-corrected chi connectivity index (χ2v) is 8.67. The van der Waals surface area contributed by atoms with Crippen LogP contribution < -0.4 is 0 Å². The lowest BCUT2D eigenvalue weighted by atomic mass is 9.98. The van der Waals surface area contributed by atoms with Crippen molar-refractivity contribution >= 4 is 21.8 Å². The minimum Gasteiger partial charge on any atom is -0.507 e. The van der Waals surface area contributed by atoms with Crippen molar-refractivity contribution in [3.63, 3.8) is 0 Å². The molecule has 0 atom stereocenters. The van der Waals surface area contributed by atoms with E-state index in [2.05, 4.69) is 14.9 Å². The molecule has 0 spiro atoms. The molecule has 0 bridgehead atoms. The van der Waals surface area contributed by atoms with Crippen molar-refractivity contribution in [2.45, 2.75) is 12.8 Å². The van der Waals surface area contributed by atoms with E-state index >= 15 is 0 Å². The first-order chi connectivity index (χ1) is 14.8. The highest BCUT2D eigenvalue weighted by molar-refractivity contribution is 6.02. The second kappa shape index (κ2) is 8.17. The van der Waals surface area contributed by atoms with Gasteiger partial charge < -0.3 is 35.1 Å². The number of fused-ring (bicyclic) bond motifs is 2. The van der Waals surface area contributed by atoms with Crippen LogP contribution in [0.2, 0.25) is 0 Å². The van der Waals surface area contributed by atoms with Gasteiger partial charge in [-0.3, -0.25) is 0 Å². The summed E-state index contributed by atoms with van der Waals surface area (Å²) >= 11 is 0. The number of aromatic nitrogens is 2. The molecule has 7 nitrogen and oxygen atoms in total. The fourth-order valence-corrected chi connectivity index (χ4v) is 4.18. The number of aromatic hydroxyl groups is 3. The molecule has 7 heteroatoms. The lowest BCUT2D eigenvalue weighted by Gasteiger charge is -2.11. The van der Waals surface area contributed by atoms with Crippen molar-refractivity contribution in [1.29, 1.82) is 0 Å². The van der Waals surface area contributed by atoms with Crippen molar-refractivity contribution in [3.05, 3.63) is 41.6 Å². The number of likely N-dealkylation sites (N-methyl/N-ethyl adjacent to an activating group) is 2. The maximum Gasteiger partial charge on any atom is 0.192 e. The van der Waals surface area contributed by atoms with Gasteiger partial charge in [-0.1, -0.05) is 0 Å². The number of aromatic amines is 2. The van der Waals surface area contributed by atoms with Gasteiger partial charge in [0.05, 0.1) is 11.0 Å². The van der Waals surface area contributed by atoms with Gasteiger partial charge in [-0.25, -0.2) is 0 Å². The molecule has 0 radical (unpaired) electrons. The number of rotatable bonds is 7. The molecule has 2 aromatic heterocycles. The number of phenols is 2. The second-order valence-electron chi connectivity index (χ2n) is 8.67. The molecule has 0 unspecified atom stereocenters. The number of phenolic OH excluding ortho intramolecular Hbond substituents is 2. The van der Waals surface area contributed by atoms with Crippen LogP contribution in [0.4, 0.5) is 0 Å². The van der Waals surface area contributed by atoms with Crippen LogP contribution in [-0.4, -0.2) is 76.4 Å². The number of H-pyrrole nitrogens is 2. The molecule has 0 aliphatic heterocycles. The Bertz CT molecular complexity index is 1240. The number of hydrogen-bond acceptors (Lipinski definition) is 5. The lowest BCUT2D eigenvalue weighted by molar-refractivity contribution is 0.404. The summed E-state index contributed by atoms with van der Waals surface area (Å²) in [4.78, 5) is 10.5. The van der Waals surface area contributed by atoms with E-state index in [1.807, 2.05) is 51.4 Å². The molecule has 0 saturated heterocycles. The Hall–Kier alpha value is -3.16. The number of benzene rings is 2. The van der Waals surface area contributed by atoms with Gasteiger partial charge in [0, 0.05) is 41.2 Å². The summed E-state index contributed by atoms with van der Waals surface area (Å²) in [5.74, 6) is 0.451. The monoisotopic (exact) mass is 422 g/mol. The fourth-order valence-electron chi connectivity index (χ4n) is 4.18. The molecular weight excluding hydrogens is 392 g/mol. The highest BCUT2D eigenvalue weighted by Gasteiger charge is 2.19. The van der Waals surface area contributed by atoms with Gasteiger partial charge in [-0.05, 0) is 76.4 Å². The molecular formula is C24H30N4O3. The molecule has 0 amide bonds. The largest absolute Gasteiger partial charge is 0.507 e. The van der Waals surface area contributed by atoms with Crippen LogP contribution in [0.5, 0.6) is 17.4 Å². The van der Waals surface area contributed by atoms with Crippen molar-refractivity contribution in [3.8, 4) is 28.5 Å². The van der Waals surface area contributed by atoms with E-state index in [1.54, 1.807) is 12.1 Å².